The Labute approximate surface area is 134 Å². The molecule has 0 aliphatic rings. The Morgan fingerprint density at radius 1 is 1.17 bits per heavy atom. The van der Waals surface area contributed by atoms with Gasteiger partial charge in [-0.2, -0.15) is 0 Å². The number of carbonyl (C=O) groups is 1. The number of nitrogens with one attached hydrogen (secondary N) is 1. The van der Waals surface area contributed by atoms with Crippen LogP contribution >= 0.6 is 0 Å². The number of aryl methyl sites for hydroxylation is 1. The van der Waals surface area contributed by atoms with Gasteiger partial charge in [0.05, 0.1) is 0 Å². The quantitative estimate of drug-likeness (QED) is 0.842. The average molecular weight is 319 g/mol. The number of hydrogen-bond donors (Lipinski definition) is 2. The number of halogens is 2. The summed E-state index contributed by atoms with van der Waals surface area (Å²) in [5.41, 5.74) is 2.86. The van der Waals surface area contributed by atoms with E-state index in [1.165, 1.54) is 12.1 Å². The number of nitrogens with two attached hydrogens (primary N) is 1. The Hall–Kier alpha value is -2.27. The molecule has 1 amide bonds. The third kappa shape index (κ3) is 4.86. The predicted octanol–water partition coefficient (Wildman–Crippen LogP) is 2.21. The van der Waals surface area contributed by atoms with Crippen LogP contribution in [0, 0.1) is 18.6 Å². The van der Waals surface area contributed by atoms with Crippen molar-refractivity contribution in [1.82, 2.24) is 5.32 Å². The summed E-state index contributed by atoms with van der Waals surface area (Å²) >= 11 is 0. The van der Waals surface area contributed by atoms with E-state index in [9.17, 15) is 13.6 Å². The van der Waals surface area contributed by atoms with E-state index in [1.807, 2.05) is 38.1 Å². The van der Waals surface area contributed by atoms with Gasteiger partial charge in [0.2, 0.25) is 0 Å². The van der Waals surface area contributed by atoms with Crippen LogP contribution in [0.1, 0.15) is 29.7 Å². The van der Waals surface area contributed by atoms with Crippen LogP contribution in [-0.2, 0) is 11.3 Å². The molecule has 2 aromatic rings. The Balaban J connectivity index is 1.82. The minimum absolute atomic E-state index is 0.0947. The highest BCUT2D eigenvalue weighted by Crippen LogP contribution is 2.13. The molecule has 0 saturated heterocycles. The van der Waals surface area contributed by atoms with Crippen molar-refractivity contribution < 1.29 is 18.9 Å². The fourth-order valence-corrected chi connectivity index (χ4v) is 2.29. The first-order valence-electron chi connectivity index (χ1n) is 7.57. The van der Waals surface area contributed by atoms with Gasteiger partial charge in [-0.15, -0.1) is 0 Å². The lowest BCUT2D eigenvalue weighted by Crippen LogP contribution is -2.87. The molecule has 0 spiro atoms. The molecule has 0 aliphatic heterocycles. The zero-order valence-corrected chi connectivity index (χ0v) is 13.3. The largest absolute Gasteiger partial charge is 0.347 e. The first kappa shape index (κ1) is 17.1. The van der Waals surface area contributed by atoms with Crippen LogP contribution in [0.2, 0.25) is 0 Å². The van der Waals surface area contributed by atoms with Crippen LogP contribution in [0.3, 0.4) is 0 Å². The maximum absolute atomic E-state index is 13.2. The zero-order valence-electron chi connectivity index (χ0n) is 13.3. The van der Waals surface area contributed by atoms with Gasteiger partial charge in [-0.3, -0.25) is 4.79 Å². The zero-order chi connectivity index (χ0) is 16.8. The smallest absolute Gasteiger partial charge is 0.275 e. The molecule has 3 N–H and O–H groups in total. The maximum Gasteiger partial charge on any atom is 0.275 e. The molecule has 2 rings (SSSR count). The number of quaternary nitrogens is 1. The molecule has 2 aromatic carbocycles. The van der Waals surface area contributed by atoms with Crippen LogP contribution in [-0.4, -0.2) is 12.5 Å². The lowest BCUT2D eigenvalue weighted by molar-refractivity contribution is -0.682. The van der Waals surface area contributed by atoms with Crippen molar-refractivity contribution in [3.05, 3.63) is 70.8 Å². The fraction of sp³-hybridized carbons (Fsp3) is 0.278. The summed E-state index contributed by atoms with van der Waals surface area (Å²) in [4.78, 5) is 11.9. The van der Waals surface area contributed by atoms with Crippen molar-refractivity contribution in [2.45, 2.75) is 26.4 Å². The van der Waals surface area contributed by atoms with Gasteiger partial charge in [0.15, 0.2) is 18.2 Å². The second-order valence-electron chi connectivity index (χ2n) is 5.61. The highest BCUT2D eigenvalue weighted by Gasteiger charge is 2.13. The normalized spacial score (nSPS) is 12.0. The second kappa shape index (κ2) is 7.83. The predicted molar refractivity (Wildman–Crippen MR) is 84.6 cm³/mol. The van der Waals surface area contributed by atoms with E-state index in [-0.39, 0.29) is 18.5 Å². The van der Waals surface area contributed by atoms with E-state index in [4.69, 9.17) is 0 Å². The lowest BCUT2D eigenvalue weighted by Gasteiger charge is -2.12. The van der Waals surface area contributed by atoms with Gasteiger partial charge in [0.25, 0.3) is 5.91 Å². The van der Waals surface area contributed by atoms with Crippen molar-refractivity contribution in [2.24, 2.45) is 0 Å². The minimum atomic E-state index is -0.869. The van der Waals surface area contributed by atoms with Crippen LogP contribution < -0.4 is 10.6 Å². The van der Waals surface area contributed by atoms with Crippen LogP contribution in [0.15, 0.2) is 42.5 Å². The van der Waals surface area contributed by atoms with Crippen molar-refractivity contribution >= 4 is 5.91 Å². The standard InChI is InChI=1S/C18H20F2N2O/c1-12-5-3-4-6-15(12)10-22-18(23)11-21-13(2)14-7-8-16(19)17(20)9-14/h3-9,13,21H,10-11H2,1-2H3,(H,22,23)/p+1/t13-/m0/s1. The molecule has 0 aromatic heterocycles. The van der Waals surface area contributed by atoms with Gasteiger partial charge >= 0.3 is 0 Å². The Morgan fingerprint density at radius 3 is 2.61 bits per heavy atom. The van der Waals surface area contributed by atoms with Crippen LogP contribution in [0.4, 0.5) is 8.78 Å². The summed E-state index contributed by atoms with van der Waals surface area (Å²) in [7, 11) is 0. The number of benzene rings is 2. The lowest BCUT2D eigenvalue weighted by atomic mass is 10.1. The van der Waals surface area contributed by atoms with Gasteiger partial charge < -0.3 is 10.6 Å². The third-order valence-electron chi connectivity index (χ3n) is 3.86. The van der Waals surface area contributed by atoms with E-state index in [2.05, 4.69) is 5.32 Å². The number of carbonyl (C=O) groups excluding carboxylic acids is 1. The molecule has 0 heterocycles. The molecule has 0 radical (unpaired) electrons. The number of amides is 1. The van der Waals surface area contributed by atoms with Gasteiger partial charge in [-0.05, 0) is 43.2 Å². The molecule has 1 atom stereocenters. The summed E-state index contributed by atoms with van der Waals surface area (Å²) in [6.07, 6.45) is 0. The van der Waals surface area contributed by atoms with E-state index in [1.54, 1.807) is 5.32 Å². The molecule has 0 saturated carbocycles. The molecule has 3 nitrogen and oxygen atoms in total. The second-order valence-corrected chi connectivity index (χ2v) is 5.61. The molecule has 0 aliphatic carbocycles. The summed E-state index contributed by atoms with van der Waals surface area (Å²) in [5.74, 6) is -1.83. The molecule has 5 heteroatoms. The monoisotopic (exact) mass is 319 g/mol. The number of rotatable bonds is 6. The van der Waals surface area contributed by atoms with Crippen molar-refractivity contribution in [1.29, 1.82) is 0 Å². The number of hydrogen-bond acceptors (Lipinski definition) is 1. The molecular formula is C18H21F2N2O+. The topological polar surface area (TPSA) is 45.7 Å². The maximum atomic E-state index is 13.2. The van der Waals surface area contributed by atoms with Crippen molar-refractivity contribution in [3.8, 4) is 0 Å². The van der Waals surface area contributed by atoms with Crippen molar-refractivity contribution in [3.63, 3.8) is 0 Å². The average Bonchev–Trinajstić information content (AvgIpc) is 2.54. The summed E-state index contributed by atoms with van der Waals surface area (Å²) in [5, 5.41) is 4.65. The van der Waals surface area contributed by atoms with E-state index in [0.717, 1.165) is 17.2 Å². The van der Waals surface area contributed by atoms with Crippen LogP contribution in [0.5, 0.6) is 0 Å². The van der Waals surface area contributed by atoms with Gasteiger partial charge in [-0.1, -0.05) is 24.3 Å². The molecule has 0 bridgehead atoms. The molecular weight excluding hydrogens is 298 g/mol. The fourth-order valence-electron chi connectivity index (χ4n) is 2.29. The van der Waals surface area contributed by atoms with Gasteiger partial charge in [0.1, 0.15) is 6.04 Å². The summed E-state index contributed by atoms with van der Waals surface area (Å²) in [6.45, 7) is 4.56. The molecule has 23 heavy (non-hydrogen) atoms. The van der Waals surface area contributed by atoms with E-state index in [0.29, 0.717) is 12.1 Å². The van der Waals surface area contributed by atoms with E-state index < -0.39 is 11.6 Å². The van der Waals surface area contributed by atoms with Crippen molar-refractivity contribution in [2.75, 3.05) is 6.54 Å². The van der Waals surface area contributed by atoms with Crippen LogP contribution in [0.25, 0.3) is 0 Å². The Kier molecular flexibility index (Phi) is 5.82. The first-order valence-corrected chi connectivity index (χ1v) is 7.57. The highest BCUT2D eigenvalue weighted by atomic mass is 19.2. The molecule has 122 valence electrons. The SMILES string of the molecule is Cc1ccccc1CNC(=O)C[NH2+][C@@H](C)c1ccc(F)c(F)c1. The van der Waals surface area contributed by atoms with Gasteiger partial charge in [-0.25, -0.2) is 8.78 Å². The minimum Gasteiger partial charge on any atom is -0.347 e. The van der Waals surface area contributed by atoms with E-state index >= 15 is 0 Å². The van der Waals surface area contributed by atoms with Gasteiger partial charge in [0, 0.05) is 12.1 Å². The summed E-state index contributed by atoms with van der Waals surface area (Å²) < 4.78 is 26.1. The highest BCUT2D eigenvalue weighted by molar-refractivity contribution is 5.76. The Bertz CT molecular complexity index is 688. The first-order chi connectivity index (χ1) is 11.0. The third-order valence-corrected chi connectivity index (χ3v) is 3.86. The summed E-state index contributed by atoms with van der Waals surface area (Å²) in [6, 6.07) is 11.5. The molecule has 0 fully saturated rings. The molecule has 0 unspecified atom stereocenters. The Morgan fingerprint density at radius 2 is 1.91 bits per heavy atom.